The molecule has 1 fully saturated rings. The number of aliphatic hydroxyl groups excluding tert-OH is 1. The van der Waals surface area contributed by atoms with E-state index in [1.807, 2.05) is 6.07 Å². The van der Waals surface area contributed by atoms with E-state index in [1.165, 1.54) is 6.42 Å². The van der Waals surface area contributed by atoms with Crippen LogP contribution in [0, 0.1) is 0 Å². The van der Waals surface area contributed by atoms with Crippen LogP contribution in [0.2, 0.25) is 5.02 Å². The van der Waals surface area contributed by atoms with E-state index in [-0.39, 0.29) is 12.1 Å². The van der Waals surface area contributed by atoms with E-state index >= 15 is 0 Å². The van der Waals surface area contributed by atoms with Crippen LogP contribution in [0.25, 0.3) is 5.65 Å². The van der Waals surface area contributed by atoms with Crippen molar-refractivity contribution in [2.75, 3.05) is 11.9 Å². The molecule has 0 aliphatic heterocycles. The standard InChI is InChI=1S/C13H17ClN4O/c14-10-4-5-11-15-12(17-18(11)8-10)16-13(9-19)6-2-1-3-7-13/h4-5,8,19H,1-3,6-7,9H2,(H,16,17). The first kappa shape index (κ1) is 12.7. The molecule has 0 amide bonds. The lowest BCUT2D eigenvalue weighted by Crippen LogP contribution is -2.44. The number of halogens is 1. The van der Waals surface area contributed by atoms with Crippen LogP contribution in [0.15, 0.2) is 18.3 Å². The van der Waals surface area contributed by atoms with Gasteiger partial charge in [0, 0.05) is 6.20 Å². The summed E-state index contributed by atoms with van der Waals surface area (Å²) in [6.45, 7) is 0.114. The first-order valence-electron chi connectivity index (χ1n) is 6.62. The molecule has 3 rings (SSSR count). The van der Waals surface area contributed by atoms with Gasteiger partial charge in [0.05, 0.1) is 17.2 Å². The molecule has 2 aromatic heterocycles. The van der Waals surface area contributed by atoms with Gasteiger partial charge in [-0.15, -0.1) is 5.10 Å². The van der Waals surface area contributed by atoms with Gasteiger partial charge in [-0.3, -0.25) is 0 Å². The fourth-order valence-electron chi connectivity index (χ4n) is 2.70. The Balaban J connectivity index is 1.87. The third-order valence-corrected chi connectivity index (χ3v) is 4.01. The second-order valence-corrected chi connectivity index (χ2v) is 5.65. The van der Waals surface area contributed by atoms with Gasteiger partial charge >= 0.3 is 0 Å². The molecule has 0 saturated heterocycles. The van der Waals surface area contributed by atoms with Gasteiger partial charge in [-0.1, -0.05) is 30.9 Å². The highest BCUT2D eigenvalue weighted by atomic mass is 35.5. The maximum absolute atomic E-state index is 9.68. The summed E-state index contributed by atoms with van der Waals surface area (Å²) in [5.41, 5.74) is 0.475. The number of hydrogen-bond acceptors (Lipinski definition) is 4. The molecule has 1 aliphatic rings. The molecule has 0 bridgehead atoms. The molecule has 102 valence electrons. The zero-order valence-electron chi connectivity index (χ0n) is 10.6. The first-order valence-corrected chi connectivity index (χ1v) is 7.00. The number of aromatic nitrogens is 3. The minimum Gasteiger partial charge on any atom is -0.394 e. The van der Waals surface area contributed by atoms with Crippen molar-refractivity contribution in [3.8, 4) is 0 Å². The van der Waals surface area contributed by atoms with E-state index < -0.39 is 0 Å². The number of nitrogens with zero attached hydrogens (tertiary/aromatic N) is 3. The lowest BCUT2D eigenvalue weighted by Gasteiger charge is -2.35. The minimum atomic E-state index is -0.271. The maximum Gasteiger partial charge on any atom is 0.243 e. The highest BCUT2D eigenvalue weighted by Crippen LogP contribution is 2.30. The van der Waals surface area contributed by atoms with E-state index in [1.54, 1.807) is 16.8 Å². The number of anilines is 1. The number of nitrogens with one attached hydrogen (secondary N) is 1. The molecule has 2 N–H and O–H groups in total. The topological polar surface area (TPSA) is 62.5 Å². The summed E-state index contributed by atoms with van der Waals surface area (Å²) in [5.74, 6) is 0.554. The Kier molecular flexibility index (Phi) is 3.33. The number of pyridine rings is 1. The molecule has 0 atom stereocenters. The van der Waals surface area contributed by atoms with Crippen molar-refractivity contribution in [3.05, 3.63) is 23.4 Å². The summed E-state index contributed by atoms with van der Waals surface area (Å²) in [4.78, 5) is 4.41. The molecule has 1 aliphatic carbocycles. The van der Waals surface area contributed by atoms with Gasteiger partial charge in [-0.05, 0) is 25.0 Å². The molecule has 2 heterocycles. The highest BCUT2D eigenvalue weighted by molar-refractivity contribution is 6.30. The predicted molar refractivity (Wildman–Crippen MR) is 74.5 cm³/mol. The lowest BCUT2D eigenvalue weighted by atomic mass is 9.82. The van der Waals surface area contributed by atoms with Crippen molar-refractivity contribution in [1.29, 1.82) is 0 Å². The van der Waals surface area contributed by atoms with Crippen LogP contribution in [0.4, 0.5) is 5.95 Å². The minimum absolute atomic E-state index is 0.114. The Morgan fingerprint density at radius 3 is 2.84 bits per heavy atom. The summed E-state index contributed by atoms with van der Waals surface area (Å²) >= 11 is 5.93. The molecule has 0 unspecified atom stereocenters. The third-order valence-electron chi connectivity index (χ3n) is 3.79. The van der Waals surface area contributed by atoms with Crippen molar-refractivity contribution in [2.45, 2.75) is 37.6 Å². The smallest absolute Gasteiger partial charge is 0.243 e. The fourth-order valence-corrected chi connectivity index (χ4v) is 2.85. The van der Waals surface area contributed by atoms with Crippen molar-refractivity contribution in [1.82, 2.24) is 14.6 Å². The molecular formula is C13H17ClN4O. The van der Waals surface area contributed by atoms with E-state index in [4.69, 9.17) is 11.6 Å². The Bertz CT molecular complexity index is 577. The Morgan fingerprint density at radius 2 is 2.11 bits per heavy atom. The highest BCUT2D eigenvalue weighted by Gasteiger charge is 2.32. The molecular weight excluding hydrogens is 264 g/mol. The first-order chi connectivity index (χ1) is 9.21. The summed E-state index contributed by atoms with van der Waals surface area (Å²) in [5, 5.41) is 18.0. The van der Waals surface area contributed by atoms with E-state index in [2.05, 4.69) is 15.4 Å². The van der Waals surface area contributed by atoms with Crippen LogP contribution < -0.4 is 5.32 Å². The molecule has 2 aromatic rings. The van der Waals surface area contributed by atoms with Gasteiger partial charge in [-0.25, -0.2) is 4.52 Å². The normalized spacial score (nSPS) is 18.6. The second kappa shape index (κ2) is 4.98. The Labute approximate surface area is 116 Å². The van der Waals surface area contributed by atoms with Crippen LogP contribution in [-0.2, 0) is 0 Å². The number of aliphatic hydroxyl groups is 1. The molecule has 6 heteroatoms. The molecule has 0 aromatic carbocycles. The number of rotatable bonds is 3. The lowest BCUT2D eigenvalue weighted by molar-refractivity contribution is 0.172. The Morgan fingerprint density at radius 1 is 1.32 bits per heavy atom. The van der Waals surface area contributed by atoms with Crippen LogP contribution in [0.3, 0.4) is 0 Å². The summed E-state index contributed by atoms with van der Waals surface area (Å²) in [7, 11) is 0. The molecule has 5 nitrogen and oxygen atoms in total. The summed E-state index contributed by atoms with van der Waals surface area (Å²) in [6, 6.07) is 3.62. The van der Waals surface area contributed by atoms with Gasteiger partial charge in [0.2, 0.25) is 5.95 Å². The van der Waals surface area contributed by atoms with E-state index in [0.717, 1.165) is 31.3 Å². The van der Waals surface area contributed by atoms with Crippen molar-refractivity contribution in [2.24, 2.45) is 0 Å². The molecule has 0 spiro atoms. The van der Waals surface area contributed by atoms with Crippen LogP contribution in [-0.4, -0.2) is 31.9 Å². The fraction of sp³-hybridized carbons (Fsp3) is 0.538. The van der Waals surface area contributed by atoms with Gasteiger partial charge in [0.15, 0.2) is 5.65 Å². The van der Waals surface area contributed by atoms with Gasteiger partial charge in [0.25, 0.3) is 0 Å². The monoisotopic (exact) mass is 280 g/mol. The molecule has 19 heavy (non-hydrogen) atoms. The van der Waals surface area contributed by atoms with Crippen LogP contribution in [0.5, 0.6) is 0 Å². The number of fused-ring (bicyclic) bond motifs is 1. The van der Waals surface area contributed by atoms with Crippen LogP contribution in [0.1, 0.15) is 32.1 Å². The predicted octanol–water partition coefficient (Wildman–Crippen LogP) is 2.49. The van der Waals surface area contributed by atoms with Crippen LogP contribution >= 0.6 is 11.6 Å². The molecule has 0 radical (unpaired) electrons. The summed E-state index contributed by atoms with van der Waals surface area (Å²) in [6.07, 6.45) is 7.14. The third kappa shape index (κ3) is 2.53. The van der Waals surface area contributed by atoms with Gasteiger partial charge < -0.3 is 10.4 Å². The maximum atomic E-state index is 9.68. The van der Waals surface area contributed by atoms with Crippen molar-refractivity contribution < 1.29 is 5.11 Å². The quantitative estimate of drug-likeness (QED) is 0.907. The largest absolute Gasteiger partial charge is 0.394 e. The SMILES string of the molecule is OCC1(Nc2nc3ccc(Cl)cn3n2)CCCCC1. The van der Waals surface area contributed by atoms with Gasteiger partial charge in [-0.2, -0.15) is 4.98 Å². The van der Waals surface area contributed by atoms with Gasteiger partial charge in [0.1, 0.15) is 0 Å². The van der Waals surface area contributed by atoms with Crippen molar-refractivity contribution in [3.63, 3.8) is 0 Å². The van der Waals surface area contributed by atoms with Crippen molar-refractivity contribution >= 4 is 23.2 Å². The molecule has 1 saturated carbocycles. The Hall–Kier alpha value is -1.33. The van der Waals surface area contributed by atoms with E-state index in [0.29, 0.717) is 11.0 Å². The average molecular weight is 281 g/mol. The average Bonchev–Trinajstić information content (AvgIpc) is 2.81. The zero-order valence-corrected chi connectivity index (χ0v) is 11.4. The van der Waals surface area contributed by atoms with E-state index in [9.17, 15) is 5.11 Å². The summed E-state index contributed by atoms with van der Waals surface area (Å²) < 4.78 is 1.65. The number of hydrogen-bond donors (Lipinski definition) is 2. The second-order valence-electron chi connectivity index (χ2n) is 5.21. The zero-order chi connectivity index (χ0) is 13.3.